The average Bonchev–Trinajstić information content (AvgIpc) is 2.50. The van der Waals surface area contributed by atoms with Gasteiger partial charge in [0.15, 0.2) is 0 Å². The molecule has 2 rings (SSSR count). The summed E-state index contributed by atoms with van der Waals surface area (Å²) in [7, 11) is 0. The Morgan fingerprint density at radius 3 is 2.68 bits per heavy atom. The van der Waals surface area contributed by atoms with E-state index in [0.717, 1.165) is 12.0 Å². The maximum atomic E-state index is 12.6. The number of rotatable bonds is 5. The number of nitrogens with one attached hydrogen (secondary N) is 1. The summed E-state index contributed by atoms with van der Waals surface area (Å²) in [6.45, 7) is 3.88. The fourth-order valence-corrected chi connectivity index (χ4v) is 2.36. The van der Waals surface area contributed by atoms with Gasteiger partial charge in [-0.1, -0.05) is 31.5 Å². The number of nitrogens with zero attached hydrogens (tertiary/aromatic N) is 1. The lowest BCUT2D eigenvalue weighted by Crippen LogP contribution is -2.33. The number of nitrogen functional groups attached to an aromatic ring is 1. The molecule has 22 heavy (non-hydrogen) atoms. The third kappa shape index (κ3) is 3.55. The minimum Gasteiger partial charge on any atom is -0.397 e. The molecule has 1 unspecified atom stereocenters. The summed E-state index contributed by atoms with van der Waals surface area (Å²) in [5.41, 5.74) is 7.68. The number of benzene rings is 1. The summed E-state index contributed by atoms with van der Waals surface area (Å²) in [5.74, 6) is -0.229. The molecule has 1 aromatic heterocycles. The molecule has 0 spiro atoms. The van der Waals surface area contributed by atoms with Crippen LogP contribution in [-0.2, 0) is 4.79 Å². The fraction of sp³-hybridized carbons (Fsp3) is 0.294. The van der Waals surface area contributed by atoms with Gasteiger partial charge in [-0.15, -0.1) is 0 Å². The van der Waals surface area contributed by atoms with E-state index in [0.29, 0.717) is 17.8 Å². The first-order valence-corrected chi connectivity index (χ1v) is 7.37. The van der Waals surface area contributed by atoms with Gasteiger partial charge in [0, 0.05) is 12.3 Å². The molecule has 1 heterocycles. The first-order chi connectivity index (χ1) is 10.5. The molecule has 0 aliphatic heterocycles. The minimum atomic E-state index is -0.544. The highest BCUT2D eigenvalue weighted by Crippen LogP contribution is 2.20. The van der Waals surface area contributed by atoms with E-state index in [4.69, 9.17) is 5.73 Å². The molecule has 0 saturated heterocycles. The number of anilines is 2. The normalized spacial score (nSPS) is 11.9. The summed E-state index contributed by atoms with van der Waals surface area (Å²) in [5, 5.41) is 2.82. The monoisotopic (exact) mass is 299 g/mol. The summed E-state index contributed by atoms with van der Waals surface area (Å²) in [4.78, 5) is 24.7. The smallest absolute Gasteiger partial charge is 0.251 e. The van der Waals surface area contributed by atoms with Crippen LogP contribution in [0.3, 0.4) is 0 Å². The van der Waals surface area contributed by atoms with Crippen molar-refractivity contribution < 1.29 is 4.79 Å². The number of amides is 1. The van der Waals surface area contributed by atoms with Gasteiger partial charge < -0.3 is 15.6 Å². The Labute approximate surface area is 129 Å². The Morgan fingerprint density at radius 2 is 2.00 bits per heavy atom. The van der Waals surface area contributed by atoms with Crippen molar-refractivity contribution in [2.24, 2.45) is 0 Å². The Balaban J connectivity index is 2.31. The SMILES string of the molecule is CCCC(C(=O)Nc1ccccc1N)n1cc(C)ccc1=O. The number of carbonyl (C=O) groups is 1. The first kappa shape index (κ1) is 15.8. The summed E-state index contributed by atoms with van der Waals surface area (Å²) in [6, 6.07) is 9.77. The number of nitrogens with two attached hydrogens (primary N) is 1. The molecule has 3 N–H and O–H groups in total. The van der Waals surface area contributed by atoms with Gasteiger partial charge in [-0.2, -0.15) is 0 Å². The van der Waals surface area contributed by atoms with Crippen molar-refractivity contribution in [1.82, 2.24) is 4.57 Å². The van der Waals surface area contributed by atoms with Gasteiger partial charge in [0.25, 0.3) is 5.56 Å². The van der Waals surface area contributed by atoms with Crippen LogP contribution in [-0.4, -0.2) is 10.5 Å². The van der Waals surface area contributed by atoms with Crippen molar-refractivity contribution in [3.05, 3.63) is 58.5 Å². The third-order valence-corrected chi connectivity index (χ3v) is 3.51. The van der Waals surface area contributed by atoms with Crippen LogP contribution in [0.15, 0.2) is 47.4 Å². The van der Waals surface area contributed by atoms with E-state index in [2.05, 4.69) is 5.32 Å². The van der Waals surface area contributed by atoms with E-state index >= 15 is 0 Å². The largest absolute Gasteiger partial charge is 0.397 e. The zero-order chi connectivity index (χ0) is 16.1. The lowest BCUT2D eigenvalue weighted by atomic mass is 10.1. The summed E-state index contributed by atoms with van der Waals surface area (Å²) in [6.07, 6.45) is 3.10. The highest BCUT2D eigenvalue weighted by atomic mass is 16.2. The predicted molar refractivity (Wildman–Crippen MR) is 88.9 cm³/mol. The van der Waals surface area contributed by atoms with Crippen molar-refractivity contribution in [3.63, 3.8) is 0 Å². The van der Waals surface area contributed by atoms with Crippen molar-refractivity contribution >= 4 is 17.3 Å². The van der Waals surface area contributed by atoms with E-state index < -0.39 is 6.04 Å². The van der Waals surface area contributed by atoms with Crippen molar-refractivity contribution in [2.45, 2.75) is 32.7 Å². The van der Waals surface area contributed by atoms with Crippen molar-refractivity contribution in [3.8, 4) is 0 Å². The second-order valence-corrected chi connectivity index (χ2v) is 5.33. The highest BCUT2D eigenvalue weighted by molar-refractivity contribution is 5.96. The lowest BCUT2D eigenvalue weighted by Gasteiger charge is -2.20. The molecule has 0 aliphatic carbocycles. The van der Waals surface area contributed by atoms with Crippen LogP contribution >= 0.6 is 0 Å². The van der Waals surface area contributed by atoms with Gasteiger partial charge in [0.05, 0.1) is 11.4 Å². The molecule has 0 fully saturated rings. The summed E-state index contributed by atoms with van der Waals surface area (Å²) < 4.78 is 1.49. The predicted octanol–water partition coefficient (Wildman–Crippen LogP) is 2.72. The van der Waals surface area contributed by atoms with Gasteiger partial charge in [0.2, 0.25) is 5.91 Å². The average molecular weight is 299 g/mol. The maximum Gasteiger partial charge on any atom is 0.251 e. The second-order valence-electron chi connectivity index (χ2n) is 5.33. The molecule has 1 aromatic carbocycles. The molecule has 0 radical (unpaired) electrons. The van der Waals surface area contributed by atoms with Gasteiger partial charge in [-0.25, -0.2) is 0 Å². The standard InChI is InChI=1S/C17H21N3O2/c1-3-6-15(20-11-12(2)9-10-16(20)21)17(22)19-14-8-5-4-7-13(14)18/h4-5,7-11,15H,3,6,18H2,1-2H3,(H,19,22). The van der Waals surface area contributed by atoms with Crippen LogP contribution in [0.1, 0.15) is 31.4 Å². The van der Waals surface area contributed by atoms with Crippen LogP contribution in [0.25, 0.3) is 0 Å². The van der Waals surface area contributed by atoms with E-state index in [9.17, 15) is 9.59 Å². The molecular weight excluding hydrogens is 278 g/mol. The van der Waals surface area contributed by atoms with E-state index in [-0.39, 0.29) is 11.5 Å². The van der Waals surface area contributed by atoms with Gasteiger partial charge in [-0.3, -0.25) is 9.59 Å². The lowest BCUT2D eigenvalue weighted by molar-refractivity contribution is -0.119. The van der Waals surface area contributed by atoms with Crippen molar-refractivity contribution in [1.29, 1.82) is 0 Å². The quantitative estimate of drug-likeness (QED) is 0.833. The third-order valence-electron chi connectivity index (χ3n) is 3.51. The molecule has 116 valence electrons. The Morgan fingerprint density at radius 1 is 1.27 bits per heavy atom. The Bertz CT molecular complexity index is 722. The molecule has 0 saturated carbocycles. The van der Waals surface area contributed by atoms with Gasteiger partial charge >= 0.3 is 0 Å². The maximum absolute atomic E-state index is 12.6. The fourth-order valence-electron chi connectivity index (χ4n) is 2.36. The molecule has 0 aliphatic rings. The number of pyridine rings is 1. The van der Waals surface area contributed by atoms with E-state index in [1.807, 2.05) is 13.8 Å². The minimum absolute atomic E-state index is 0.180. The summed E-state index contributed by atoms with van der Waals surface area (Å²) >= 11 is 0. The number of aromatic nitrogens is 1. The van der Waals surface area contributed by atoms with Crippen LogP contribution < -0.4 is 16.6 Å². The van der Waals surface area contributed by atoms with E-state index in [1.165, 1.54) is 10.6 Å². The molecular formula is C17H21N3O2. The van der Waals surface area contributed by atoms with Gasteiger partial charge in [-0.05, 0) is 31.0 Å². The van der Waals surface area contributed by atoms with Crippen LogP contribution in [0.2, 0.25) is 0 Å². The first-order valence-electron chi connectivity index (χ1n) is 7.37. The van der Waals surface area contributed by atoms with Crippen LogP contribution in [0.5, 0.6) is 0 Å². The number of hydrogen-bond donors (Lipinski definition) is 2. The van der Waals surface area contributed by atoms with Crippen LogP contribution in [0.4, 0.5) is 11.4 Å². The Kier molecular flexibility index (Phi) is 4.99. The highest BCUT2D eigenvalue weighted by Gasteiger charge is 2.21. The topological polar surface area (TPSA) is 77.1 Å². The number of hydrogen-bond acceptors (Lipinski definition) is 3. The van der Waals surface area contributed by atoms with Crippen molar-refractivity contribution in [2.75, 3.05) is 11.1 Å². The zero-order valence-electron chi connectivity index (χ0n) is 12.9. The van der Waals surface area contributed by atoms with E-state index in [1.54, 1.807) is 36.5 Å². The Hall–Kier alpha value is -2.56. The molecule has 2 aromatic rings. The molecule has 0 bridgehead atoms. The molecule has 1 amide bonds. The van der Waals surface area contributed by atoms with Crippen LogP contribution in [0, 0.1) is 6.92 Å². The van der Waals surface area contributed by atoms with Gasteiger partial charge in [0.1, 0.15) is 6.04 Å². The second kappa shape index (κ2) is 6.93. The zero-order valence-corrected chi connectivity index (χ0v) is 12.9. The molecule has 5 heteroatoms. The molecule has 1 atom stereocenters. The number of para-hydroxylation sites is 2. The number of aryl methyl sites for hydroxylation is 1. The molecule has 5 nitrogen and oxygen atoms in total. The number of carbonyl (C=O) groups excluding carboxylic acids is 1.